The third-order valence-electron chi connectivity index (χ3n) is 3.20. The summed E-state index contributed by atoms with van der Waals surface area (Å²) in [6.07, 6.45) is 6.14. The number of rotatable bonds is 4. The van der Waals surface area contributed by atoms with E-state index in [2.05, 4.69) is 35.2 Å². The Morgan fingerprint density at radius 3 is 2.88 bits per heavy atom. The first-order chi connectivity index (χ1) is 8.25. The molecule has 0 bridgehead atoms. The molecule has 1 atom stereocenters. The molecule has 2 heteroatoms. The molecule has 0 aliphatic carbocycles. The Hall–Kier alpha value is -1.41. The minimum Gasteiger partial charge on any atom is -0.295 e. The number of likely N-dealkylation sites (tertiary alicyclic amines) is 1. The average molecular weight is 229 g/mol. The average Bonchev–Trinajstić information content (AvgIpc) is 2.75. The van der Waals surface area contributed by atoms with Crippen LogP contribution in [0.1, 0.15) is 25.3 Å². The summed E-state index contributed by atoms with van der Waals surface area (Å²) in [7, 11) is 0. The fourth-order valence-corrected chi connectivity index (χ4v) is 2.33. The van der Waals surface area contributed by atoms with E-state index in [1.54, 1.807) is 13.0 Å². The predicted octanol–water partition coefficient (Wildman–Crippen LogP) is 2.80. The molecule has 1 saturated heterocycles. The van der Waals surface area contributed by atoms with Gasteiger partial charge in [0.05, 0.1) is 0 Å². The highest BCUT2D eigenvalue weighted by molar-refractivity contribution is 5.87. The zero-order chi connectivity index (χ0) is 12.1. The summed E-state index contributed by atoms with van der Waals surface area (Å²) in [4.78, 5) is 13.4. The van der Waals surface area contributed by atoms with Gasteiger partial charge in [-0.3, -0.25) is 9.69 Å². The van der Waals surface area contributed by atoms with Crippen LogP contribution in [-0.2, 0) is 11.3 Å². The van der Waals surface area contributed by atoms with Crippen molar-refractivity contribution in [2.75, 3.05) is 6.54 Å². The lowest BCUT2D eigenvalue weighted by Gasteiger charge is -2.21. The second-order valence-electron chi connectivity index (χ2n) is 4.64. The molecule has 1 fully saturated rings. The standard InChI is InChI=1S/C15H19NO/c1-13(17)9-10-15-8-5-11-16(15)12-14-6-3-2-4-7-14/h2-4,6-7,9-10,15H,5,8,11-12H2,1H3/b10-9+. The Bertz CT molecular complexity index is 397. The van der Waals surface area contributed by atoms with Crippen molar-refractivity contribution in [3.05, 3.63) is 48.0 Å². The van der Waals surface area contributed by atoms with E-state index in [1.165, 1.54) is 12.0 Å². The number of benzene rings is 1. The zero-order valence-electron chi connectivity index (χ0n) is 10.3. The van der Waals surface area contributed by atoms with Gasteiger partial charge in [0.15, 0.2) is 5.78 Å². The van der Waals surface area contributed by atoms with Gasteiger partial charge < -0.3 is 0 Å². The summed E-state index contributed by atoms with van der Waals surface area (Å²) >= 11 is 0. The fraction of sp³-hybridized carbons (Fsp3) is 0.400. The molecule has 0 radical (unpaired) electrons. The summed E-state index contributed by atoms with van der Waals surface area (Å²) in [5.41, 5.74) is 1.34. The predicted molar refractivity (Wildman–Crippen MR) is 69.7 cm³/mol. The highest BCUT2D eigenvalue weighted by Gasteiger charge is 2.21. The zero-order valence-corrected chi connectivity index (χ0v) is 10.3. The van der Waals surface area contributed by atoms with Gasteiger partial charge in [0.2, 0.25) is 0 Å². The Balaban J connectivity index is 1.98. The van der Waals surface area contributed by atoms with E-state index in [1.807, 2.05) is 6.07 Å². The molecular weight excluding hydrogens is 210 g/mol. The van der Waals surface area contributed by atoms with Gasteiger partial charge in [-0.2, -0.15) is 0 Å². The molecule has 0 N–H and O–H groups in total. The number of allylic oxidation sites excluding steroid dienone is 1. The number of nitrogens with zero attached hydrogens (tertiary/aromatic N) is 1. The summed E-state index contributed by atoms with van der Waals surface area (Å²) < 4.78 is 0. The first kappa shape index (κ1) is 12.1. The quantitative estimate of drug-likeness (QED) is 0.740. The topological polar surface area (TPSA) is 20.3 Å². The Kier molecular flexibility index (Phi) is 4.10. The summed E-state index contributed by atoms with van der Waals surface area (Å²) in [6, 6.07) is 10.9. The van der Waals surface area contributed by atoms with E-state index in [9.17, 15) is 4.79 Å². The lowest BCUT2D eigenvalue weighted by molar-refractivity contribution is -0.112. The van der Waals surface area contributed by atoms with Crippen LogP contribution in [0.15, 0.2) is 42.5 Å². The molecule has 90 valence electrons. The fourth-order valence-electron chi connectivity index (χ4n) is 2.33. The molecule has 1 heterocycles. The minimum atomic E-state index is 0.136. The molecule has 1 aromatic carbocycles. The molecule has 1 unspecified atom stereocenters. The molecule has 0 saturated carbocycles. The second-order valence-corrected chi connectivity index (χ2v) is 4.64. The van der Waals surface area contributed by atoms with Crippen molar-refractivity contribution in [2.45, 2.75) is 32.4 Å². The number of hydrogen-bond acceptors (Lipinski definition) is 2. The highest BCUT2D eigenvalue weighted by Crippen LogP contribution is 2.20. The van der Waals surface area contributed by atoms with Crippen molar-refractivity contribution in [2.24, 2.45) is 0 Å². The van der Waals surface area contributed by atoms with Crippen LogP contribution in [0.25, 0.3) is 0 Å². The first-order valence-electron chi connectivity index (χ1n) is 6.22. The second kappa shape index (κ2) is 5.78. The molecular formula is C15H19NO. The monoisotopic (exact) mass is 229 g/mol. The van der Waals surface area contributed by atoms with Gasteiger partial charge in [0, 0.05) is 12.6 Å². The highest BCUT2D eigenvalue weighted by atomic mass is 16.1. The van der Waals surface area contributed by atoms with Crippen molar-refractivity contribution < 1.29 is 4.79 Å². The van der Waals surface area contributed by atoms with E-state index in [0.29, 0.717) is 6.04 Å². The number of carbonyl (C=O) groups is 1. The summed E-state index contributed by atoms with van der Waals surface area (Å²) in [6.45, 7) is 3.71. The van der Waals surface area contributed by atoms with Gasteiger partial charge in [-0.05, 0) is 37.9 Å². The minimum absolute atomic E-state index is 0.136. The third kappa shape index (κ3) is 3.53. The SMILES string of the molecule is CC(=O)/C=C/C1CCCN1Cc1ccccc1. The summed E-state index contributed by atoms with van der Waals surface area (Å²) in [5.74, 6) is 0.136. The molecule has 1 aliphatic rings. The van der Waals surface area contributed by atoms with Crippen LogP contribution in [0, 0.1) is 0 Å². The van der Waals surface area contributed by atoms with Crippen molar-refractivity contribution in [1.82, 2.24) is 4.90 Å². The van der Waals surface area contributed by atoms with Crippen LogP contribution < -0.4 is 0 Å². The molecule has 0 spiro atoms. The van der Waals surface area contributed by atoms with Crippen molar-refractivity contribution in [1.29, 1.82) is 0 Å². The number of carbonyl (C=O) groups excluding carboxylic acids is 1. The summed E-state index contributed by atoms with van der Waals surface area (Å²) in [5, 5.41) is 0. The van der Waals surface area contributed by atoms with E-state index in [0.717, 1.165) is 19.5 Å². The van der Waals surface area contributed by atoms with Crippen LogP contribution in [0.2, 0.25) is 0 Å². The van der Waals surface area contributed by atoms with Gasteiger partial charge in [0.25, 0.3) is 0 Å². The molecule has 2 nitrogen and oxygen atoms in total. The van der Waals surface area contributed by atoms with Crippen LogP contribution in [0.4, 0.5) is 0 Å². The molecule has 1 aromatic rings. The van der Waals surface area contributed by atoms with Gasteiger partial charge >= 0.3 is 0 Å². The molecule has 0 amide bonds. The van der Waals surface area contributed by atoms with Gasteiger partial charge in [-0.1, -0.05) is 36.4 Å². The largest absolute Gasteiger partial charge is 0.295 e. The van der Waals surface area contributed by atoms with Crippen LogP contribution in [-0.4, -0.2) is 23.3 Å². The van der Waals surface area contributed by atoms with E-state index in [4.69, 9.17) is 0 Å². The molecule has 0 aromatic heterocycles. The van der Waals surface area contributed by atoms with E-state index < -0.39 is 0 Å². The normalized spacial score (nSPS) is 21.1. The van der Waals surface area contributed by atoms with E-state index in [-0.39, 0.29) is 5.78 Å². The maximum Gasteiger partial charge on any atom is 0.152 e. The third-order valence-corrected chi connectivity index (χ3v) is 3.20. The van der Waals surface area contributed by atoms with E-state index >= 15 is 0 Å². The molecule has 1 aliphatic heterocycles. The smallest absolute Gasteiger partial charge is 0.152 e. The van der Waals surface area contributed by atoms with Crippen LogP contribution >= 0.6 is 0 Å². The number of hydrogen-bond donors (Lipinski definition) is 0. The maximum absolute atomic E-state index is 11.0. The van der Waals surface area contributed by atoms with Crippen LogP contribution in [0.5, 0.6) is 0 Å². The first-order valence-corrected chi connectivity index (χ1v) is 6.22. The van der Waals surface area contributed by atoms with Gasteiger partial charge in [-0.25, -0.2) is 0 Å². The molecule has 2 rings (SSSR count). The lowest BCUT2D eigenvalue weighted by atomic mass is 10.1. The Morgan fingerprint density at radius 1 is 1.41 bits per heavy atom. The van der Waals surface area contributed by atoms with Crippen molar-refractivity contribution >= 4 is 5.78 Å². The van der Waals surface area contributed by atoms with Gasteiger partial charge in [0.1, 0.15) is 0 Å². The van der Waals surface area contributed by atoms with Crippen molar-refractivity contribution in [3.8, 4) is 0 Å². The van der Waals surface area contributed by atoms with Crippen LogP contribution in [0.3, 0.4) is 0 Å². The van der Waals surface area contributed by atoms with Crippen molar-refractivity contribution in [3.63, 3.8) is 0 Å². The lowest BCUT2D eigenvalue weighted by Crippen LogP contribution is -2.27. The number of ketones is 1. The van der Waals surface area contributed by atoms with Gasteiger partial charge in [-0.15, -0.1) is 0 Å². The Labute approximate surface area is 103 Å². The Morgan fingerprint density at radius 2 is 2.18 bits per heavy atom. The molecule has 17 heavy (non-hydrogen) atoms. The maximum atomic E-state index is 11.0.